The number of hydrogen-bond donors (Lipinski definition) is 2. The van der Waals surface area contributed by atoms with E-state index in [0.29, 0.717) is 5.92 Å². The van der Waals surface area contributed by atoms with Crippen molar-refractivity contribution in [3.63, 3.8) is 0 Å². The van der Waals surface area contributed by atoms with Gasteiger partial charge in [0.1, 0.15) is 17.5 Å². The van der Waals surface area contributed by atoms with Gasteiger partial charge in [-0.15, -0.1) is 0 Å². The van der Waals surface area contributed by atoms with Crippen molar-refractivity contribution >= 4 is 39.9 Å². The van der Waals surface area contributed by atoms with E-state index in [-0.39, 0.29) is 0 Å². The first-order valence-corrected chi connectivity index (χ1v) is 8.48. The number of anilines is 3. The van der Waals surface area contributed by atoms with Crippen molar-refractivity contribution in [1.29, 1.82) is 0 Å². The lowest BCUT2D eigenvalue weighted by Crippen LogP contribution is -2.07. The van der Waals surface area contributed by atoms with Crippen LogP contribution < -0.4 is 10.6 Å². The number of aromatic nitrogens is 2. The minimum absolute atomic E-state index is 0.545. The van der Waals surface area contributed by atoms with Gasteiger partial charge in [-0.25, -0.2) is 9.97 Å². The molecule has 0 saturated heterocycles. The van der Waals surface area contributed by atoms with E-state index in [1.54, 1.807) is 0 Å². The van der Waals surface area contributed by atoms with E-state index >= 15 is 0 Å². The van der Waals surface area contributed by atoms with Crippen LogP contribution in [0.4, 0.5) is 17.3 Å². The summed E-state index contributed by atoms with van der Waals surface area (Å²) in [6.07, 6.45) is 3.50. The molecule has 1 aliphatic carbocycles. The van der Waals surface area contributed by atoms with Crippen LogP contribution in [-0.2, 0) is 0 Å². The second-order valence-electron chi connectivity index (χ2n) is 5.30. The molecule has 0 bridgehead atoms. The Morgan fingerprint density at radius 1 is 1.19 bits per heavy atom. The highest BCUT2D eigenvalue weighted by molar-refractivity contribution is 14.1. The van der Waals surface area contributed by atoms with Gasteiger partial charge in [0.15, 0.2) is 0 Å². The number of rotatable bonds is 6. The zero-order valence-corrected chi connectivity index (χ0v) is 14.2. The zero-order valence-electron chi connectivity index (χ0n) is 12.1. The lowest BCUT2D eigenvalue weighted by Gasteiger charge is -2.12. The first-order valence-electron chi connectivity index (χ1n) is 7.40. The summed E-state index contributed by atoms with van der Waals surface area (Å²) in [6.45, 7) is 3.09. The Hall–Kier alpha value is -1.37. The SMILES string of the molecule is CCCNc1cc(Nc2ccccc2I)nc(C2CC2)n1. The number of halogens is 1. The molecule has 1 fully saturated rings. The summed E-state index contributed by atoms with van der Waals surface area (Å²) in [5, 5.41) is 6.78. The van der Waals surface area contributed by atoms with E-state index in [1.807, 2.05) is 18.2 Å². The number of nitrogens with one attached hydrogen (secondary N) is 2. The van der Waals surface area contributed by atoms with E-state index in [4.69, 9.17) is 0 Å². The van der Waals surface area contributed by atoms with Gasteiger partial charge >= 0.3 is 0 Å². The molecule has 3 rings (SSSR count). The number of nitrogens with zero attached hydrogens (tertiary/aromatic N) is 2. The fourth-order valence-corrected chi connectivity index (χ4v) is 2.62. The molecule has 21 heavy (non-hydrogen) atoms. The molecule has 1 aromatic carbocycles. The largest absolute Gasteiger partial charge is 0.370 e. The number of benzene rings is 1. The van der Waals surface area contributed by atoms with Crippen LogP contribution in [0.5, 0.6) is 0 Å². The molecular weight excluding hydrogens is 375 g/mol. The topological polar surface area (TPSA) is 49.8 Å². The Bertz CT molecular complexity index is 625. The monoisotopic (exact) mass is 394 g/mol. The third kappa shape index (κ3) is 3.84. The van der Waals surface area contributed by atoms with Crippen LogP contribution in [0.25, 0.3) is 0 Å². The van der Waals surface area contributed by atoms with Crippen molar-refractivity contribution in [3.8, 4) is 0 Å². The van der Waals surface area contributed by atoms with E-state index in [2.05, 4.69) is 62.2 Å². The standard InChI is InChI=1S/C16H19IN4/c1-2-9-18-14-10-15(21-16(20-14)11-7-8-11)19-13-6-4-3-5-12(13)17/h3-6,10-11H,2,7-9H2,1H3,(H2,18,19,20,21). The molecule has 1 aliphatic rings. The molecule has 0 atom stereocenters. The van der Waals surface area contributed by atoms with Gasteiger partial charge in [-0.05, 0) is 54.0 Å². The van der Waals surface area contributed by atoms with Crippen LogP contribution in [0.2, 0.25) is 0 Å². The molecule has 0 amide bonds. The molecule has 0 unspecified atom stereocenters. The number of hydrogen-bond acceptors (Lipinski definition) is 4. The molecule has 4 nitrogen and oxygen atoms in total. The summed E-state index contributed by atoms with van der Waals surface area (Å²) in [6, 6.07) is 10.2. The van der Waals surface area contributed by atoms with Crippen LogP contribution in [0.3, 0.4) is 0 Å². The molecule has 2 aromatic rings. The molecule has 0 aliphatic heterocycles. The maximum absolute atomic E-state index is 4.67. The third-order valence-electron chi connectivity index (χ3n) is 3.38. The van der Waals surface area contributed by atoms with Gasteiger partial charge in [-0.1, -0.05) is 19.1 Å². The van der Waals surface area contributed by atoms with Gasteiger partial charge in [-0.3, -0.25) is 0 Å². The Kier molecular flexibility index (Phi) is 4.57. The first-order chi connectivity index (χ1) is 10.3. The van der Waals surface area contributed by atoms with Crippen molar-refractivity contribution in [2.45, 2.75) is 32.1 Å². The Balaban J connectivity index is 1.86. The average molecular weight is 394 g/mol. The lowest BCUT2D eigenvalue weighted by molar-refractivity contribution is 0.911. The summed E-state index contributed by atoms with van der Waals surface area (Å²) in [5.74, 6) is 3.30. The molecule has 2 N–H and O–H groups in total. The summed E-state index contributed by atoms with van der Waals surface area (Å²) in [7, 11) is 0. The third-order valence-corrected chi connectivity index (χ3v) is 4.32. The fourth-order valence-electron chi connectivity index (χ4n) is 2.10. The Morgan fingerprint density at radius 2 is 1.95 bits per heavy atom. The predicted molar refractivity (Wildman–Crippen MR) is 95.2 cm³/mol. The Morgan fingerprint density at radius 3 is 2.67 bits per heavy atom. The van der Waals surface area contributed by atoms with E-state index in [0.717, 1.165) is 36.1 Å². The van der Waals surface area contributed by atoms with Gasteiger partial charge < -0.3 is 10.6 Å². The summed E-state index contributed by atoms with van der Waals surface area (Å²) in [5.41, 5.74) is 1.08. The molecule has 1 saturated carbocycles. The second-order valence-corrected chi connectivity index (χ2v) is 6.46. The normalized spacial score (nSPS) is 14.0. The van der Waals surface area contributed by atoms with Crippen molar-refractivity contribution in [1.82, 2.24) is 9.97 Å². The second kappa shape index (κ2) is 6.60. The van der Waals surface area contributed by atoms with E-state index < -0.39 is 0 Å². The lowest BCUT2D eigenvalue weighted by atomic mass is 10.3. The van der Waals surface area contributed by atoms with Crippen LogP contribution in [0.15, 0.2) is 30.3 Å². The molecular formula is C16H19IN4. The summed E-state index contributed by atoms with van der Waals surface area (Å²) in [4.78, 5) is 9.31. The minimum Gasteiger partial charge on any atom is -0.370 e. The first kappa shape index (κ1) is 14.6. The molecule has 0 radical (unpaired) electrons. The van der Waals surface area contributed by atoms with E-state index in [1.165, 1.54) is 16.4 Å². The smallest absolute Gasteiger partial charge is 0.136 e. The maximum Gasteiger partial charge on any atom is 0.136 e. The number of para-hydroxylation sites is 1. The van der Waals surface area contributed by atoms with Crippen molar-refractivity contribution in [2.75, 3.05) is 17.2 Å². The highest BCUT2D eigenvalue weighted by Gasteiger charge is 2.27. The van der Waals surface area contributed by atoms with Crippen LogP contribution >= 0.6 is 22.6 Å². The summed E-state index contributed by atoms with van der Waals surface area (Å²) < 4.78 is 1.18. The van der Waals surface area contributed by atoms with Gasteiger partial charge in [0.2, 0.25) is 0 Å². The maximum atomic E-state index is 4.67. The summed E-state index contributed by atoms with van der Waals surface area (Å²) >= 11 is 2.33. The van der Waals surface area contributed by atoms with Crippen LogP contribution in [0.1, 0.15) is 37.9 Å². The molecule has 110 valence electrons. The van der Waals surface area contributed by atoms with Crippen molar-refractivity contribution < 1.29 is 0 Å². The van der Waals surface area contributed by atoms with Gasteiger partial charge in [0.25, 0.3) is 0 Å². The van der Waals surface area contributed by atoms with Gasteiger partial charge in [0.05, 0.1) is 5.69 Å². The van der Waals surface area contributed by atoms with Crippen LogP contribution in [-0.4, -0.2) is 16.5 Å². The quantitative estimate of drug-likeness (QED) is 0.708. The predicted octanol–water partition coefficient (Wildman–Crippen LogP) is 4.52. The molecule has 5 heteroatoms. The molecule has 1 aromatic heterocycles. The highest BCUT2D eigenvalue weighted by Crippen LogP contribution is 2.39. The fraction of sp³-hybridized carbons (Fsp3) is 0.375. The van der Waals surface area contributed by atoms with Gasteiger partial charge in [-0.2, -0.15) is 0 Å². The Labute approximate surface area is 138 Å². The molecule has 0 spiro atoms. The van der Waals surface area contributed by atoms with Crippen LogP contribution in [0, 0.1) is 3.57 Å². The van der Waals surface area contributed by atoms with E-state index in [9.17, 15) is 0 Å². The average Bonchev–Trinajstić information content (AvgIpc) is 3.32. The zero-order chi connectivity index (χ0) is 14.7. The minimum atomic E-state index is 0.545. The molecule has 1 heterocycles. The highest BCUT2D eigenvalue weighted by atomic mass is 127. The van der Waals surface area contributed by atoms with Gasteiger partial charge in [0, 0.05) is 22.1 Å². The van der Waals surface area contributed by atoms with Crippen molar-refractivity contribution in [3.05, 3.63) is 39.7 Å². The van der Waals surface area contributed by atoms with Crippen molar-refractivity contribution in [2.24, 2.45) is 0 Å².